The second-order valence-corrected chi connectivity index (χ2v) is 8.56. The molecule has 0 amide bonds. The summed E-state index contributed by atoms with van der Waals surface area (Å²) in [7, 11) is 1.64. The Hall–Kier alpha value is -2.52. The molecule has 0 aliphatic carbocycles. The molecule has 1 aromatic carbocycles. The number of hydrogen-bond donors (Lipinski definition) is 1. The molecular weight excluding hydrogens is 420 g/mol. The number of nitrogens with two attached hydrogens (primary N) is 1. The van der Waals surface area contributed by atoms with Gasteiger partial charge in [0, 0.05) is 0 Å². The van der Waals surface area contributed by atoms with Gasteiger partial charge in [0.2, 0.25) is 0 Å². The van der Waals surface area contributed by atoms with Crippen molar-refractivity contribution in [3.05, 3.63) is 54.1 Å². The summed E-state index contributed by atoms with van der Waals surface area (Å²) in [6.07, 6.45) is 4.70. The van der Waals surface area contributed by atoms with E-state index in [9.17, 15) is 0 Å². The van der Waals surface area contributed by atoms with Gasteiger partial charge in [0.05, 0.1) is 43.8 Å². The maximum atomic E-state index is 5.78. The number of ether oxygens (including phenoxy) is 4. The van der Waals surface area contributed by atoms with Crippen LogP contribution in [-0.4, -0.2) is 46.7 Å². The van der Waals surface area contributed by atoms with Crippen LogP contribution in [0, 0.1) is 12.8 Å². The summed E-state index contributed by atoms with van der Waals surface area (Å²) in [6, 6.07) is 10.1. The van der Waals surface area contributed by atoms with Crippen molar-refractivity contribution in [3.63, 3.8) is 0 Å². The van der Waals surface area contributed by atoms with Crippen LogP contribution >= 0.6 is 0 Å². The van der Waals surface area contributed by atoms with Crippen LogP contribution in [0.25, 0.3) is 11.0 Å². The smallest absolute Gasteiger partial charge is 0.163 e. The lowest BCUT2D eigenvalue weighted by molar-refractivity contribution is -0.144. The summed E-state index contributed by atoms with van der Waals surface area (Å²) in [4.78, 5) is 8.53. The number of aryl methyl sites for hydroxylation is 1. The second kappa shape index (κ2) is 11.6. The molecule has 2 N–H and O–H groups in total. The average molecular weight is 457 g/mol. The van der Waals surface area contributed by atoms with Crippen LogP contribution in [0.5, 0.6) is 5.75 Å². The van der Waals surface area contributed by atoms with Crippen molar-refractivity contribution in [2.75, 3.05) is 20.3 Å². The highest BCUT2D eigenvalue weighted by molar-refractivity contribution is 5.84. The van der Waals surface area contributed by atoms with E-state index in [1.807, 2.05) is 61.9 Å². The third-order valence-electron chi connectivity index (χ3n) is 5.74. The van der Waals surface area contributed by atoms with E-state index in [0.29, 0.717) is 32.4 Å². The monoisotopic (exact) mass is 456 g/mol. The third-order valence-corrected chi connectivity index (χ3v) is 5.74. The van der Waals surface area contributed by atoms with Gasteiger partial charge in [-0.3, -0.25) is 0 Å². The van der Waals surface area contributed by atoms with Crippen LogP contribution in [-0.2, 0) is 27.5 Å². The first-order chi connectivity index (χ1) is 15.9. The van der Waals surface area contributed by atoms with Crippen molar-refractivity contribution < 1.29 is 18.9 Å². The molecule has 3 heterocycles. The Morgan fingerprint density at radius 2 is 2.00 bits per heavy atom. The second-order valence-electron chi connectivity index (χ2n) is 8.56. The molecule has 1 aliphatic heterocycles. The molecule has 180 valence electrons. The summed E-state index contributed by atoms with van der Waals surface area (Å²) in [5.41, 5.74) is 9.43. The molecule has 0 saturated carbocycles. The minimum absolute atomic E-state index is 0.190. The first-order valence-electron chi connectivity index (χ1n) is 11.4. The lowest BCUT2D eigenvalue weighted by atomic mass is 10.0. The Bertz CT molecular complexity index is 1000. The predicted octanol–water partition coefficient (Wildman–Crippen LogP) is 4.05. The van der Waals surface area contributed by atoms with Crippen molar-refractivity contribution in [1.29, 1.82) is 0 Å². The molecule has 4 rings (SSSR count). The first-order valence-corrected chi connectivity index (χ1v) is 11.4. The van der Waals surface area contributed by atoms with Crippen molar-refractivity contribution >= 4 is 11.0 Å². The van der Waals surface area contributed by atoms with Gasteiger partial charge in [-0.1, -0.05) is 37.3 Å². The van der Waals surface area contributed by atoms with E-state index in [1.54, 1.807) is 13.4 Å². The van der Waals surface area contributed by atoms with Gasteiger partial charge in [-0.05, 0) is 45.2 Å². The normalized spacial score (nSPS) is 18.1. The Morgan fingerprint density at radius 3 is 2.61 bits per heavy atom. The molecule has 0 unspecified atom stereocenters. The topological polar surface area (TPSA) is 93.7 Å². The summed E-state index contributed by atoms with van der Waals surface area (Å²) in [5.74, 6) is 0.762. The Morgan fingerprint density at radius 1 is 1.24 bits per heavy atom. The van der Waals surface area contributed by atoms with Gasteiger partial charge in [-0.15, -0.1) is 0 Å². The number of fused-ring (bicyclic) bond motifs is 1. The summed E-state index contributed by atoms with van der Waals surface area (Å²) >= 11 is 0. The minimum atomic E-state index is -0.409. The van der Waals surface area contributed by atoms with Gasteiger partial charge in [0.1, 0.15) is 18.6 Å². The van der Waals surface area contributed by atoms with Crippen molar-refractivity contribution in [2.45, 2.75) is 59.3 Å². The molecule has 1 saturated heterocycles. The fourth-order valence-corrected chi connectivity index (χ4v) is 3.87. The maximum Gasteiger partial charge on any atom is 0.163 e. The highest BCUT2D eigenvalue weighted by Gasteiger charge is 2.35. The van der Waals surface area contributed by atoms with Gasteiger partial charge in [-0.2, -0.15) is 0 Å². The Kier molecular flexibility index (Phi) is 8.80. The number of nitrogens with zero attached hydrogens (tertiary/aromatic N) is 3. The quantitative estimate of drug-likeness (QED) is 0.547. The zero-order valence-electron chi connectivity index (χ0n) is 20.3. The molecule has 2 aromatic heterocycles. The van der Waals surface area contributed by atoms with Crippen LogP contribution in [0.1, 0.15) is 38.4 Å². The maximum absolute atomic E-state index is 5.78. The Balaban J connectivity index is 0.000000218. The van der Waals surface area contributed by atoms with Crippen molar-refractivity contribution in [1.82, 2.24) is 14.5 Å². The van der Waals surface area contributed by atoms with E-state index in [1.165, 1.54) is 0 Å². The van der Waals surface area contributed by atoms with Crippen molar-refractivity contribution in [3.8, 4) is 5.75 Å². The molecule has 0 bridgehead atoms. The zero-order chi connectivity index (χ0) is 23.8. The molecular formula is C25H36N4O4. The standard InChI is InChI=1S/C16H17N3O2.C9H19NO2/c1-12-16-15(18-10-17-12)14(20-2)8-19(16)11-21-9-13-6-4-3-5-7-13;1-4-7(5-10)8-6-11-9(2,3)12-8/h3-8,10H,9,11H2,1-2H3;7-8H,4-6,10H2,1-3H3/t;7-,8+/m.0/s1. The molecule has 0 radical (unpaired) electrons. The Labute approximate surface area is 196 Å². The van der Waals surface area contributed by atoms with E-state index in [0.717, 1.165) is 34.5 Å². The van der Waals surface area contributed by atoms with Gasteiger partial charge in [0.25, 0.3) is 0 Å². The van der Waals surface area contributed by atoms with Gasteiger partial charge in [0.15, 0.2) is 11.5 Å². The van der Waals surface area contributed by atoms with E-state index in [4.69, 9.17) is 24.7 Å². The molecule has 8 heteroatoms. The highest BCUT2D eigenvalue weighted by atomic mass is 16.7. The predicted molar refractivity (Wildman–Crippen MR) is 128 cm³/mol. The van der Waals surface area contributed by atoms with Crippen molar-refractivity contribution in [2.24, 2.45) is 11.7 Å². The molecule has 0 spiro atoms. The summed E-state index contributed by atoms with van der Waals surface area (Å²) < 4.78 is 24.3. The molecule has 2 atom stereocenters. The minimum Gasteiger partial charge on any atom is -0.493 e. The number of hydrogen-bond acceptors (Lipinski definition) is 7. The van der Waals surface area contributed by atoms with Crippen LogP contribution < -0.4 is 10.5 Å². The molecule has 3 aromatic rings. The lowest BCUT2D eigenvalue weighted by Gasteiger charge is -2.21. The van der Waals surface area contributed by atoms with Gasteiger partial charge in [-0.25, -0.2) is 9.97 Å². The largest absolute Gasteiger partial charge is 0.493 e. The summed E-state index contributed by atoms with van der Waals surface area (Å²) in [6.45, 7) is 10.3. The first kappa shape index (κ1) is 25.1. The number of methoxy groups -OCH3 is 1. The zero-order valence-corrected chi connectivity index (χ0v) is 20.3. The molecule has 33 heavy (non-hydrogen) atoms. The SMILES string of the molecule is CC[C@@H](CN)[C@H]1COC(C)(C)O1.COc1cn(COCc2ccccc2)c2c(C)ncnc12. The molecule has 1 fully saturated rings. The van der Waals surface area contributed by atoms with Gasteiger partial charge < -0.3 is 29.2 Å². The van der Waals surface area contributed by atoms with Gasteiger partial charge >= 0.3 is 0 Å². The number of aromatic nitrogens is 3. The van der Waals surface area contributed by atoms with Crippen LogP contribution in [0.15, 0.2) is 42.9 Å². The van der Waals surface area contributed by atoms with Crippen LogP contribution in [0.2, 0.25) is 0 Å². The van der Waals surface area contributed by atoms with E-state index < -0.39 is 5.79 Å². The third kappa shape index (κ3) is 6.51. The molecule has 1 aliphatic rings. The van der Waals surface area contributed by atoms with E-state index >= 15 is 0 Å². The highest BCUT2D eigenvalue weighted by Crippen LogP contribution is 2.28. The summed E-state index contributed by atoms with van der Waals surface area (Å²) in [5, 5.41) is 0. The lowest BCUT2D eigenvalue weighted by Crippen LogP contribution is -2.31. The van der Waals surface area contributed by atoms with E-state index in [2.05, 4.69) is 16.9 Å². The fourth-order valence-electron chi connectivity index (χ4n) is 3.87. The fraction of sp³-hybridized carbons (Fsp3) is 0.520. The van der Waals surface area contributed by atoms with Crippen LogP contribution in [0.3, 0.4) is 0 Å². The van der Waals surface area contributed by atoms with E-state index in [-0.39, 0.29) is 6.10 Å². The number of rotatable bonds is 8. The van der Waals surface area contributed by atoms with Crippen LogP contribution in [0.4, 0.5) is 0 Å². The average Bonchev–Trinajstić information content (AvgIpc) is 3.36. The number of benzene rings is 1. The molecule has 8 nitrogen and oxygen atoms in total.